The zero-order valence-corrected chi connectivity index (χ0v) is 14.5. The highest BCUT2D eigenvalue weighted by Crippen LogP contribution is 2.20. The highest BCUT2D eigenvalue weighted by Gasteiger charge is 2.12. The van der Waals surface area contributed by atoms with Crippen molar-refractivity contribution in [3.63, 3.8) is 0 Å². The van der Waals surface area contributed by atoms with Gasteiger partial charge in [-0.1, -0.05) is 18.2 Å². The molecule has 3 rings (SSSR count). The zero-order chi connectivity index (χ0) is 18.0. The number of rotatable bonds is 4. The highest BCUT2D eigenvalue weighted by molar-refractivity contribution is 5.92. The summed E-state index contributed by atoms with van der Waals surface area (Å²) >= 11 is 0. The second-order valence-corrected chi connectivity index (χ2v) is 6.00. The Balaban J connectivity index is 1.92. The molecule has 2 aromatic carbocycles. The number of hydrogen-bond donors (Lipinski definition) is 1. The normalized spacial score (nSPS) is 10.7. The van der Waals surface area contributed by atoms with Gasteiger partial charge >= 0.3 is 0 Å². The van der Waals surface area contributed by atoms with Crippen LogP contribution in [0.5, 0.6) is 5.75 Å². The number of aromatic nitrogens is 1. The van der Waals surface area contributed by atoms with Gasteiger partial charge < -0.3 is 10.1 Å². The number of fused-ring (bicyclic) bond motifs is 1. The smallest absolute Gasteiger partial charge is 0.251 e. The lowest BCUT2D eigenvalue weighted by molar-refractivity contribution is -0.116. The number of benzene rings is 2. The maximum absolute atomic E-state index is 12.4. The Morgan fingerprint density at radius 1 is 1.08 bits per heavy atom. The molecule has 0 aliphatic carbocycles. The molecule has 0 aliphatic heterocycles. The second-order valence-electron chi connectivity index (χ2n) is 6.00. The Kier molecular flexibility index (Phi) is 4.57. The van der Waals surface area contributed by atoms with Crippen LogP contribution in [0.3, 0.4) is 0 Å². The average molecular weight is 336 g/mol. The van der Waals surface area contributed by atoms with E-state index in [2.05, 4.69) is 5.32 Å². The Morgan fingerprint density at radius 3 is 2.48 bits per heavy atom. The van der Waals surface area contributed by atoms with E-state index in [0.29, 0.717) is 5.69 Å². The van der Waals surface area contributed by atoms with E-state index in [1.165, 1.54) is 4.57 Å². The van der Waals surface area contributed by atoms with Crippen molar-refractivity contribution in [2.24, 2.45) is 0 Å². The van der Waals surface area contributed by atoms with Crippen LogP contribution in [-0.4, -0.2) is 17.6 Å². The molecule has 1 heterocycles. The van der Waals surface area contributed by atoms with Crippen molar-refractivity contribution < 1.29 is 9.53 Å². The summed E-state index contributed by atoms with van der Waals surface area (Å²) in [5.74, 6) is 0.468. The number of para-hydroxylation sites is 1. The lowest BCUT2D eigenvalue weighted by Gasteiger charge is -2.14. The lowest BCUT2D eigenvalue weighted by atomic mass is 10.1. The molecule has 25 heavy (non-hydrogen) atoms. The van der Waals surface area contributed by atoms with E-state index in [4.69, 9.17) is 4.74 Å². The summed E-state index contributed by atoms with van der Waals surface area (Å²) in [4.78, 5) is 24.9. The fraction of sp³-hybridized carbons (Fsp3) is 0.200. The first-order chi connectivity index (χ1) is 12.0. The van der Waals surface area contributed by atoms with Crippen LogP contribution in [0.1, 0.15) is 11.1 Å². The number of anilines is 1. The fourth-order valence-electron chi connectivity index (χ4n) is 2.96. The molecule has 1 amide bonds. The van der Waals surface area contributed by atoms with E-state index in [-0.39, 0.29) is 18.0 Å². The number of ether oxygens (including phenoxy) is 1. The van der Waals surface area contributed by atoms with Gasteiger partial charge in [0, 0.05) is 17.1 Å². The number of aryl methyl sites for hydroxylation is 2. The van der Waals surface area contributed by atoms with E-state index in [1.807, 2.05) is 32.0 Å². The Bertz CT molecular complexity index is 988. The van der Waals surface area contributed by atoms with E-state index in [1.54, 1.807) is 37.4 Å². The van der Waals surface area contributed by atoms with Gasteiger partial charge in [-0.25, -0.2) is 0 Å². The molecule has 1 aromatic heterocycles. The van der Waals surface area contributed by atoms with Crippen LogP contribution in [-0.2, 0) is 11.3 Å². The molecule has 0 bridgehead atoms. The number of amides is 1. The molecular formula is C20H20N2O3. The predicted molar refractivity (Wildman–Crippen MR) is 99.3 cm³/mol. The SMILES string of the molecule is COc1ccc(NC(=O)Cn2c(=O)cc(C)c3cccc(C)c32)cc1. The molecule has 0 saturated carbocycles. The van der Waals surface area contributed by atoms with E-state index in [0.717, 1.165) is 27.8 Å². The van der Waals surface area contributed by atoms with Crippen molar-refractivity contribution in [3.05, 3.63) is 70.0 Å². The summed E-state index contributed by atoms with van der Waals surface area (Å²) in [5.41, 5.74) is 3.17. The van der Waals surface area contributed by atoms with Gasteiger partial charge in [0.15, 0.2) is 0 Å². The van der Waals surface area contributed by atoms with Crippen molar-refractivity contribution in [2.75, 3.05) is 12.4 Å². The maximum Gasteiger partial charge on any atom is 0.251 e. The van der Waals surface area contributed by atoms with Gasteiger partial charge in [0.25, 0.3) is 5.56 Å². The van der Waals surface area contributed by atoms with E-state index >= 15 is 0 Å². The van der Waals surface area contributed by atoms with Crippen molar-refractivity contribution in [3.8, 4) is 5.75 Å². The third-order valence-corrected chi connectivity index (χ3v) is 4.21. The van der Waals surface area contributed by atoms with Gasteiger partial charge in [-0.2, -0.15) is 0 Å². The standard InChI is InChI=1S/C20H20N2O3/c1-13-5-4-6-17-14(2)11-19(24)22(20(13)17)12-18(23)21-15-7-9-16(25-3)10-8-15/h4-11H,12H2,1-3H3,(H,21,23). The van der Waals surface area contributed by atoms with Crippen LogP contribution < -0.4 is 15.6 Å². The number of carbonyl (C=O) groups excluding carboxylic acids is 1. The minimum atomic E-state index is -0.249. The first kappa shape index (κ1) is 16.8. The molecule has 5 nitrogen and oxygen atoms in total. The second kappa shape index (κ2) is 6.81. The third kappa shape index (κ3) is 3.40. The largest absolute Gasteiger partial charge is 0.497 e. The van der Waals surface area contributed by atoms with Crippen LogP contribution in [0.2, 0.25) is 0 Å². The molecule has 0 fully saturated rings. The van der Waals surface area contributed by atoms with Crippen molar-refractivity contribution in [1.82, 2.24) is 4.57 Å². The molecule has 0 atom stereocenters. The summed E-state index contributed by atoms with van der Waals surface area (Å²) < 4.78 is 6.62. The Morgan fingerprint density at radius 2 is 1.80 bits per heavy atom. The van der Waals surface area contributed by atoms with Crippen LogP contribution >= 0.6 is 0 Å². The van der Waals surface area contributed by atoms with Crippen LogP contribution in [0, 0.1) is 13.8 Å². The maximum atomic E-state index is 12.4. The molecule has 0 radical (unpaired) electrons. The molecule has 1 N–H and O–H groups in total. The minimum absolute atomic E-state index is 0.0352. The summed E-state index contributed by atoms with van der Waals surface area (Å²) in [5, 5.41) is 3.80. The van der Waals surface area contributed by atoms with E-state index < -0.39 is 0 Å². The van der Waals surface area contributed by atoms with Crippen molar-refractivity contribution in [1.29, 1.82) is 0 Å². The van der Waals surface area contributed by atoms with E-state index in [9.17, 15) is 9.59 Å². The molecule has 5 heteroatoms. The van der Waals surface area contributed by atoms with Gasteiger partial charge in [0.2, 0.25) is 5.91 Å². The third-order valence-electron chi connectivity index (χ3n) is 4.21. The Hall–Kier alpha value is -3.08. The summed E-state index contributed by atoms with van der Waals surface area (Å²) in [6, 6.07) is 14.5. The number of carbonyl (C=O) groups is 1. The quantitative estimate of drug-likeness (QED) is 0.795. The topological polar surface area (TPSA) is 60.3 Å². The molecule has 0 aliphatic rings. The molecule has 128 valence electrons. The molecule has 0 spiro atoms. The van der Waals surface area contributed by atoms with Gasteiger partial charge in [0.05, 0.1) is 12.6 Å². The predicted octanol–water partition coefficient (Wildman–Crippen LogP) is 3.27. The van der Waals surface area contributed by atoms with Crippen LogP contribution in [0.4, 0.5) is 5.69 Å². The van der Waals surface area contributed by atoms with Gasteiger partial charge in [0.1, 0.15) is 12.3 Å². The summed E-state index contributed by atoms with van der Waals surface area (Å²) in [6.07, 6.45) is 0. The average Bonchev–Trinajstić information content (AvgIpc) is 2.59. The van der Waals surface area contributed by atoms with Gasteiger partial charge in [-0.3, -0.25) is 14.2 Å². The number of methoxy groups -OCH3 is 1. The van der Waals surface area contributed by atoms with Crippen LogP contribution in [0.25, 0.3) is 10.9 Å². The number of hydrogen-bond acceptors (Lipinski definition) is 3. The molecule has 0 saturated heterocycles. The first-order valence-corrected chi connectivity index (χ1v) is 8.03. The van der Waals surface area contributed by atoms with Crippen molar-refractivity contribution >= 4 is 22.5 Å². The first-order valence-electron chi connectivity index (χ1n) is 8.03. The number of nitrogens with one attached hydrogen (secondary N) is 1. The zero-order valence-electron chi connectivity index (χ0n) is 14.5. The Labute approximate surface area is 145 Å². The highest BCUT2D eigenvalue weighted by atomic mass is 16.5. The lowest BCUT2D eigenvalue weighted by Crippen LogP contribution is -2.28. The monoisotopic (exact) mass is 336 g/mol. The van der Waals surface area contributed by atoms with Crippen LogP contribution in [0.15, 0.2) is 53.3 Å². The summed E-state index contributed by atoms with van der Waals surface area (Å²) in [6.45, 7) is 3.82. The van der Waals surface area contributed by atoms with Gasteiger partial charge in [-0.15, -0.1) is 0 Å². The number of nitrogens with zero attached hydrogens (tertiary/aromatic N) is 1. The van der Waals surface area contributed by atoms with Crippen molar-refractivity contribution in [2.45, 2.75) is 20.4 Å². The summed E-state index contributed by atoms with van der Waals surface area (Å²) in [7, 11) is 1.59. The molecule has 3 aromatic rings. The fourth-order valence-corrected chi connectivity index (χ4v) is 2.96. The number of pyridine rings is 1. The minimum Gasteiger partial charge on any atom is -0.497 e. The van der Waals surface area contributed by atoms with Gasteiger partial charge in [-0.05, 0) is 49.2 Å². The molecule has 0 unspecified atom stereocenters. The molecular weight excluding hydrogens is 316 g/mol.